The molecule has 2 N–H and O–H groups in total. The standard InChI is InChI=1S/C15H22N2O3/c1-11-4-3-5-13(8-11)20-10-12(18)9-16-14-6-7-17(2)15(14)19/h3-5,8,12,14,16,18H,6-7,9-10H2,1-2H3. The molecule has 20 heavy (non-hydrogen) atoms. The lowest BCUT2D eigenvalue weighted by Crippen LogP contribution is -2.42. The molecule has 1 aromatic carbocycles. The van der Waals surface area contributed by atoms with Crippen LogP contribution in [-0.4, -0.2) is 54.8 Å². The van der Waals surface area contributed by atoms with Crippen molar-refractivity contribution in [2.75, 3.05) is 26.7 Å². The molecular weight excluding hydrogens is 256 g/mol. The van der Waals surface area contributed by atoms with Crippen molar-refractivity contribution in [1.29, 1.82) is 0 Å². The van der Waals surface area contributed by atoms with Crippen molar-refractivity contribution in [3.05, 3.63) is 29.8 Å². The first-order valence-corrected chi connectivity index (χ1v) is 6.92. The van der Waals surface area contributed by atoms with Crippen LogP contribution in [0, 0.1) is 6.92 Å². The van der Waals surface area contributed by atoms with Gasteiger partial charge in [-0.3, -0.25) is 4.79 Å². The van der Waals surface area contributed by atoms with Crippen LogP contribution < -0.4 is 10.1 Å². The van der Waals surface area contributed by atoms with Crippen LogP contribution in [-0.2, 0) is 4.79 Å². The normalized spacial score (nSPS) is 20.2. The Balaban J connectivity index is 1.70. The number of aliphatic hydroxyl groups is 1. The molecule has 2 unspecified atom stereocenters. The van der Waals surface area contributed by atoms with Crippen molar-refractivity contribution in [3.63, 3.8) is 0 Å². The van der Waals surface area contributed by atoms with Crippen LogP contribution in [0.1, 0.15) is 12.0 Å². The summed E-state index contributed by atoms with van der Waals surface area (Å²) >= 11 is 0. The molecule has 1 heterocycles. The van der Waals surface area contributed by atoms with Gasteiger partial charge >= 0.3 is 0 Å². The van der Waals surface area contributed by atoms with Crippen molar-refractivity contribution in [2.24, 2.45) is 0 Å². The van der Waals surface area contributed by atoms with Crippen molar-refractivity contribution in [3.8, 4) is 5.75 Å². The maximum absolute atomic E-state index is 11.7. The van der Waals surface area contributed by atoms with E-state index in [0.717, 1.165) is 24.3 Å². The number of hydrogen-bond donors (Lipinski definition) is 2. The number of aryl methyl sites for hydroxylation is 1. The molecule has 5 nitrogen and oxygen atoms in total. The summed E-state index contributed by atoms with van der Waals surface area (Å²) < 4.78 is 5.53. The smallest absolute Gasteiger partial charge is 0.239 e. The minimum Gasteiger partial charge on any atom is -0.491 e. The number of carbonyl (C=O) groups is 1. The SMILES string of the molecule is Cc1cccc(OCC(O)CNC2CCN(C)C2=O)c1. The molecule has 1 aliphatic rings. The third-order valence-corrected chi connectivity index (χ3v) is 3.46. The highest BCUT2D eigenvalue weighted by molar-refractivity contribution is 5.83. The number of aliphatic hydroxyl groups excluding tert-OH is 1. The van der Waals surface area contributed by atoms with E-state index >= 15 is 0 Å². The van der Waals surface area contributed by atoms with Crippen LogP contribution >= 0.6 is 0 Å². The predicted octanol–water partition coefficient (Wildman–Crippen LogP) is 0.555. The third-order valence-electron chi connectivity index (χ3n) is 3.46. The molecule has 0 saturated carbocycles. The molecule has 2 rings (SSSR count). The Labute approximate surface area is 119 Å². The van der Waals surface area contributed by atoms with Crippen molar-refractivity contribution in [2.45, 2.75) is 25.5 Å². The molecular formula is C15H22N2O3. The van der Waals surface area contributed by atoms with Gasteiger partial charge in [-0.15, -0.1) is 0 Å². The van der Waals surface area contributed by atoms with E-state index in [2.05, 4.69) is 5.32 Å². The fourth-order valence-corrected chi connectivity index (χ4v) is 2.25. The summed E-state index contributed by atoms with van der Waals surface area (Å²) in [6.07, 6.45) is 0.162. The fourth-order valence-electron chi connectivity index (χ4n) is 2.25. The van der Waals surface area contributed by atoms with Gasteiger partial charge in [-0.2, -0.15) is 0 Å². The van der Waals surface area contributed by atoms with Gasteiger partial charge in [0.15, 0.2) is 0 Å². The molecule has 1 aromatic rings. The van der Waals surface area contributed by atoms with Gasteiger partial charge in [0.05, 0.1) is 6.04 Å². The Kier molecular flexibility index (Phi) is 4.98. The van der Waals surface area contributed by atoms with E-state index in [1.807, 2.05) is 31.2 Å². The summed E-state index contributed by atoms with van der Waals surface area (Å²) in [6, 6.07) is 7.53. The molecule has 0 bridgehead atoms. The highest BCUT2D eigenvalue weighted by Gasteiger charge is 2.28. The first-order chi connectivity index (χ1) is 9.56. The van der Waals surface area contributed by atoms with E-state index in [1.165, 1.54) is 0 Å². The number of likely N-dealkylation sites (tertiary alicyclic amines) is 1. The van der Waals surface area contributed by atoms with E-state index in [4.69, 9.17) is 4.74 Å². The van der Waals surface area contributed by atoms with Crippen LogP contribution in [0.15, 0.2) is 24.3 Å². The summed E-state index contributed by atoms with van der Waals surface area (Å²) in [6.45, 7) is 3.34. The second-order valence-corrected chi connectivity index (χ2v) is 5.29. The van der Waals surface area contributed by atoms with E-state index in [9.17, 15) is 9.90 Å². The Morgan fingerprint density at radius 1 is 1.55 bits per heavy atom. The average Bonchev–Trinajstić information content (AvgIpc) is 2.74. The summed E-state index contributed by atoms with van der Waals surface area (Å²) in [4.78, 5) is 13.4. The number of nitrogens with zero attached hydrogens (tertiary/aromatic N) is 1. The molecule has 110 valence electrons. The van der Waals surface area contributed by atoms with Crippen LogP contribution in [0.25, 0.3) is 0 Å². The Bertz CT molecular complexity index is 464. The van der Waals surface area contributed by atoms with Gasteiger partial charge in [-0.05, 0) is 31.0 Å². The number of likely N-dealkylation sites (N-methyl/N-ethyl adjacent to an activating group) is 1. The Morgan fingerprint density at radius 2 is 2.35 bits per heavy atom. The van der Waals surface area contributed by atoms with Crippen LogP contribution in [0.4, 0.5) is 0 Å². The lowest BCUT2D eigenvalue weighted by molar-refractivity contribution is -0.128. The summed E-state index contributed by atoms with van der Waals surface area (Å²) in [5, 5.41) is 13.0. The maximum atomic E-state index is 11.7. The van der Waals surface area contributed by atoms with Gasteiger partial charge in [-0.25, -0.2) is 0 Å². The van der Waals surface area contributed by atoms with E-state index < -0.39 is 6.10 Å². The maximum Gasteiger partial charge on any atom is 0.239 e. The lowest BCUT2D eigenvalue weighted by atomic mass is 10.2. The number of benzene rings is 1. The predicted molar refractivity (Wildman–Crippen MR) is 76.7 cm³/mol. The number of amides is 1. The van der Waals surface area contributed by atoms with Crippen molar-refractivity contribution < 1.29 is 14.6 Å². The highest BCUT2D eigenvalue weighted by atomic mass is 16.5. The Hall–Kier alpha value is -1.59. The average molecular weight is 278 g/mol. The molecule has 0 aromatic heterocycles. The monoisotopic (exact) mass is 278 g/mol. The summed E-state index contributed by atoms with van der Waals surface area (Å²) in [5.41, 5.74) is 1.12. The molecule has 0 spiro atoms. The quantitative estimate of drug-likeness (QED) is 0.798. The largest absolute Gasteiger partial charge is 0.491 e. The number of ether oxygens (including phenoxy) is 1. The van der Waals surface area contributed by atoms with Crippen molar-refractivity contribution in [1.82, 2.24) is 10.2 Å². The van der Waals surface area contributed by atoms with Gasteiger partial charge in [-0.1, -0.05) is 12.1 Å². The second-order valence-electron chi connectivity index (χ2n) is 5.29. The van der Waals surface area contributed by atoms with E-state index in [1.54, 1.807) is 11.9 Å². The number of hydrogen-bond acceptors (Lipinski definition) is 4. The van der Waals surface area contributed by atoms with Gasteiger partial charge in [0, 0.05) is 20.1 Å². The summed E-state index contributed by atoms with van der Waals surface area (Å²) in [5.74, 6) is 0.845. The molecule has 1 amide bonds. The molecule has 1 saturated heterocycles. The second kappa shape index (κ2) is 6.72. The summed E-state index contributed by atoms with van der Waals surface area (Å²) in [7, 11) is 1.79. The molecule has 5 heteroatoms. The molecule has 0 aliphatic carbocycles. The zero-order chi connectivity index (χ0) is 14.5. The molecule has 0 radical (unpaired) electrons. The highest BCUT2D eigenvalue weighted by Crippen LogP contribution is 2.12. The molecule has 2 atom stereocenters. The lowest BCUT2D eigenvalue weighted by Gasteiger charge is -2.16. The van der Waals surface area contributed by atoms with Gasteiger partial charge in [0.1, 0.15) is 18.5 Å². The molecule has 1 fully saturated rings. The Morgan fingerprint density at radius 3 is 3.00 bits per heavy atom. The van der Waals surface area contributed by atoms with Gasteiger partial charge < -0.3 is 20.1 Å². The van der Waals surface area contributed by atoms with Crippen molar-refractivity contribution >= 4 is 5.91 Å². The molecule has 1 aliphatic heterocycles. The number of nitrogens with one attached hydrogen (secondary N) is 1. The minimum atomic E-state index is -0.630. The first-order valence-electron chi connectivity index (χ1n) is 6.92. The number of carbonyl (C=O) groups excluding carboxylic acids is 1. The number of rotatable bonds is 6. The van der Waals surface area contributed by atoms with Crippen LogP contribution in [0.3, 0.4) is 0 Å². The zero-order valence-corrected chi connectivity index (χ0v) is 12.0. The van der Waals surface area contributed by atoms with Gasteiger partial charge in [0.25, 0.3) is 0 Å². The first kappa shape index (κ1) is 14.8. The zero-order valence-electron chi connectivity index (χ0n) is 12.0. The fraction of sp³-hybridized carbons (Fsp3) is 0.533. The van der Waals surface area contributed by atoms with E-state index in [0.29, 0.717) is 6.54 Å². The minimum absolute atomic E-state index is 0.0943. The topological polar surface area (TPSA) is 61.8 Å². The third kappa shape index (κ3) is 3.95. The van der Waals surface area contributed by atoms with E-state index in [-0.39, 0.29) is 18.6 Å². The van der Waals surface area contributed by atoms with Crippen LogP contribution in [0.2, 0.25) is 0 Å². The van der Waals surface area contributed by atoms with Crippen LogP contribution in [0.5, 0.6) is 5.75 Å². The van der Waals surface area contributed by atoms with Gasteiger partial charge in [0.2, 0.25) is 5.91 Å².